The van der Waals surface area contributed by atoms with Gasteiger partial charge in [0, 0.05) is 42.0 Å². The number of nitrogens with zero attached hydrogens (tertiary/aromatic N) is 2. The lowest BCUT2D eigenvalue weighted by molar-refractivity contribution is 0.102. The van der Waals surface area contributed by atoms with Crippen molar-refractivity contribution in [2.75, 3.05) is 11.6 Å². The first kappa shape index (κ1) is 16.3. The topological polar surface area (TPSA) is 46.9 Å². The van der Waals surface area contributed by atoms with E-state index in [1.807, 2.05) is 66.3 Å². The monoisotopic (exact) mass is 337 g/mol. The number of rotatable bonds is 5. The second-order valence-electron chi connectivity index (χ2n) is 5.53. The number of carbonyl (C=O) groups is 1. The highest BCUT2D eigenvalue weighted by atomic mass is 32.2. The highest BCUT2D eigenvalue weighted by Crippen LogP contribution is 2.21. The predicted octanol–water partition coefficient (Wildman–Crippen LogP) is 4.20. The number of hydrogen-bond acceptors (Lipinski definition) is 3. The number of benzene rings is 2. The number of imidazole rings is 1. The highest BCUT2D eigenvalue weighted by Gasteiger charge is 2.08. The molecule has 1 aromatic heterocycles. The van der Waals surface area contributed by atoms with Gasteiger partial charge in [0.15, 0.2) is 0 Å². The Bertz CT molecular complexity index is 840. The maximum atomic E-state index is 12.4. The highest BCUT2D eigenvalue weighted by molar-refractivity contribution is 7.97. The second kappa shape index (κ2) is 7.36. The predicted molar refractivity (Wildman–Crippen MR) is 100 cm³/mol. The summed E-state index contributed by atoms with van der Waals surface area (Å²) in [7, 11) is 1.95. The zero-order chi connectivity index (χ0) is 16.9. The number of carbonyl (C=O) groups excluding carboxylic acids is 1. The molecule has 1 amide bonds. The lowest BCUT2D eigenvalue weighted by atomic mass is 10.1. The van der Waals surface area contributed by atoms with E-state index in [1.165, 1.54) is 5.56 Å². The lowest BCUT2D eigenvalue weighted by Crippen LogP contribution is -2.11. The van der Waals surface area contributed by atoms with Gasteiger partial charge in [-0.1, -0.05) is 24.3 Å². The molecule has 1 heterocycles. The van der Waals surface area contributed by atoms with Crippen LogP contribution in [0.2, 0.25) is 0 Å². The molecule has 0 aliphatic carbocycles. The summed E-state index contributed by atoms with van der Waals surface area (Å²) >= 11 is 1.76. The third-order valence-electron chi connectivity index (χ3n) is 3.73. The minimum atomic E-state index is -0.109. The Morgan fingerprint density at radius 2 is 2.00 bits per heavy atom. The molecule has 3 rings (SSSR count). The van der Waals surface area contributed by atoms with Gasteiger partial charge < -0.3 is 9.88 Å². The van der Waals surface area contributed by atoms with Crippen LogP contribution in [0.5, 0.6) is 0 Å². The fourth-order valence-electron chi connectivity index (χ4n) is 2.50. The maximum Gasteiger partial charge on any atom is 0.255 e. The van der Waals surface area contributed by atoms with Crippen LogP contribution in [0.1, 0.15) is 15.9 Å². The van der Waals surface area contributed by atoms with Crippen LogP contribution in [0.15, 0.2) is 60.9 Å². The molecular weight excluding hydrogens is 318 g/mol. The third kappa shape index (κ3) is 3.68. The van der Waals surface area contributed by atoms with Crippen molar-refractivity contribution in [3.05, 3.63) is 72.1 Å². The molecule has 0 unspecified atom stereocenters. The summed E-state index contributed by atoms with van der Waals surface area (Å²) in [6, 6.07) is 15.4. The Balaban J connectivity index is 1.76. The smallest absolute Gasteiger partial charge is 0.255 e. The molecule has 0 spiro atoms. The zero-order valence-corrected chi connectivity index (χ0v) is 14.5. The summed E-state index contributed by atoms with van der Waals surface area (Å²) in [4.78, 5) is 16.8. The molecule has 0 saturated heterocycles. The van der Waals surface area contributed by atoms with Crippen LogP contribution in [-0.4, -0.2) is 21.7 Å². The van der Waals surface area contributed by atoms with Gasteiger partial charge in [0.25, 0.3) is 5.91 Å². The van der Waals surface area contributed by atoms with E-state index in [0.29, 0.717) is 5.56 Å². The van der Waals surface area contributed by atoms with Crippen molar-refractivity contribution in [2.45, 2.75) is 5.75 Å². The van der Waals surface area contributed by atoms with Crippen molar-refractivity contribution in [3.8, 4) is 11.4 Å². The van der Waals surface area contributed by atoms with Gasteiger partial charge in [0.1, 0.15) is 5.82 Å². The first-order valence-electron chi connectivity index (χ1n) is 7.64. The van der Waals surface area contributed by atoms with Gasteiger partial charge in [-0.2, -0.15) is 11.8 Å². The van der Waals surface area contributed by atoms with Gasteiger partial charge in [-0.15, -0.1) is 0 Å². The molecule has 4 nitrogen and oxygen atoms in total. The van der Waals surface area contributed by atoms with Crippen molar-refractivity contribution < 1.29 is 4.79 Å². The molecule has 0 aliphatic rings. The minimum Gasteiger partial charge on any atom is -0.334 e. The standard InChI is InChI=1S/C19H19N3OS/c1-22-11-10-20-18(22)16-4-3-5-17(12-16)21-19(23)15-8-6-14(7-9-15)13-24-2/h3-12H,13H2,1-2H3,(H,21,23). The van der Waals surface area contributed by atoms with Gasteiger partial charge in [-0.05, 0) is 36.1 Å². The van der Waals surface area contributed by atoms with E-state index < -0.39 is 0 Å². The number of nitrogens with one attached hydrogen (secondary N) is 1. The van der Waals surface area contributed by atoms with Gasteiger partial charge in [0.2, 0.25) is 0 Å². The Morgan fingerprint density at radius 3 is 2.67 bits per heavy atom. The van der Waals surface area contributed by atoms with Crippen LogP contribution in [-0.2, 0) is 12.8 Å². The molecule has 1 N–H and O–H groups in total. The molecule has 0 aliphatic heterocycles. The number of hydrogen-bond donors (Lipinski definition) is 1. The maximum absolute atomic E-state index is 12.4. The Morgan fingerprint density at radius 1 is 1.21 bits per heavy atom. The quantitative estimate of drug-likeness (QED) is 0.759. The van der Waals surface area contributed by atoms with E-state index in [4.69, 9.17) is 0 Å². The van der Waals surface area contributed by atoms with E-state index in [2.05, 4.69) is 16.6 Å². The molecule has 0 bridgehead atoms. The largest absolute Gasteiger partial charge is 0.334 e. The van der Waals surface area contributed by atoms with Crippen LogP contribution in [0.25, 0.3) is 11.4 Å². The van der Waals surface area contributed by atoms with Crippen molar-refractivity contribution in [2.24, 2.45) is 7.05 Å². The van der Waals surface area contributed by atoms with Crippen LogP contribution in [0.3, 0.4) is 0 Å². The van der Waals surface area contributed by atoms with Crippen molar-refractivity contribution in [3.63, 3.8) is 0 Å². The average molecular weight is 337 g/mol. The zero-order valence-electron chi connectivity index (χ0n) is 13.7. The minimum absolute atomic E-state index is 0.109. The molecule has 122 valence electrons. The fraction of sp³-hybridized carbons (Fsp3) is 0.158. The lowest BCUT2D eigenvalue weighted by Gasteiger charge is -2.08. The van der Waals surface area contributed by atoms with E-state index >= 15 is 0 Å². The van der Waals surface area contributed by atoms with Crippen LogP contribution >= 0.6 is 11.8 Å². The Labute approximate surface area is 145 Å². The molecule has 0 radical (unpaired) electrons. The normalized spacial score (nSPS) is 10.6. The van der Waals surface area contributed by atoms with E-state index in [0.717, 1.165) is 22.8 Å². The van der Waals surface area contributed by atoms with Crippen LogP contribution in [0.4, 0.5) is 5.69 Å². The van der Waals surface area contributed by atoms with Crippen molar-refractivity contribution in [1.82, 2.24) is 9.55 Å². The molecule has 0 fully saturated rings. The van der Waals surface area contributed by atoms with Crippen molar-refractivity contribution >= 4 is 23.4 Å². The third-order valence-corrected chi connectivity index (χ3v) is 4.35. The van der Waals surface area contributed by atoms with E-state index in [1.54, 1.807) is 18.0 Å². The first-order chi connectivity index (χ1) is 11.7. The number of aromatic nitrogens is 2. The first-order valence-corrected chi connectivity index (χ1v) is 9.04. The Hall–Kier alpha value is -2.53. The van der Waals surface area contributed by atoms with E-state index in [9.17, 15) is 4.79 Å². The summed E-state index contributed by atoms with van der Waals surface area (Å²) in [5.74, 6) is 1.71. The van der Waals surface area contributed by atoms with Gasteiger partial charge in [-0.3, -0.25) is 4.79 Å². The number of amides is 1. The van der Waals surface area contributed by atoms with Crippen LogP contribution in [0, 0.1) is 0 Å². The van der Waals surface area contributed by atoms with Crippen LogP contribution < -0.4 is 5.32 Å². The molecule has 0 atom stereocenters. The SMILES string of the molecule is CSCc1ccc(C(=O)Nc2cccc(-c3nccn3C)c2)cc1. The summed E-state index contributed by atoms with van der Waals surface area (Å²) < 4.78 is 1.95. The van der Waals surface area contributed by atoms with E-state index in [-0.39, 0.29) is 5.91 Å². The number of anilines is 1. The molecule has 0 saturated carbocycles. The molecule has 3 aromatic rings. The number of aryl methyl sites for hydroxylation is 1. The summed E-state index contributed by atoms with van der Waals surface area (Å²) in [6.07, 6.45) is 5.72. The van der Waals surface area contributed by atoms with Gasteiger partial charge in [-0.25, -0.2) is 4.98 Å². The summed E-state index contributed by atoms with van der Waals surface area (Å²) in [5.41, 5.74) is 3.60. The molecule has 5 heteroatoms. The van der Waals surface area contributed by atoms with Gasteiger partial charge in [0.05, 0.1) is 0 Å². The second-order valence-corrected chi connectivity index (χ2v) is 6.39. The molecule has 24 heavy (non-hydrogen) atoms. The van der Waals surface area contributed by atoms with Gasteiger partial charge >= 0.3 is 0 Å². The average Bonchev–Trinajstić information content (AvgIpc) is 3.02. The van der Waals surface area contributed by atoms with Crippen molar-refractivity contribution in [1.29, 1.82) is 0 Å². The Kier molecular flexibility index (Phi) is 5.01. The summed E-state index contributed by atoms with van der Waals surface area (Å²) in [6.45, 7) is 0. The fourth-order valence-corrected chi connectivity index (χ4v) is 3.03. The summed E-state index contributed by atoms with van der Waals surface area (Å²) in [5, 5.41) is 2.95. The molecule has 2 aromatic carbocycles. The number of thioether (sulfide) groups is 1. The molecular formula is C19H19N3OS.